The van der Waals surface area contributed by atoms with Crippen LogP contribution >= 0.6 is 14.3 Å². The van der Waals surface area contributed by atoms with Crippen molar-refractivity contribution in [1.29, 1.82) is 0 Å². The topological polar surface area (TPSA) is 39.1 Å². The van der Waals surface area contributed by atoms with Crippen LogP contribution in [0.3, 0.4) is 0 Å². The highest BCUT2D eigenvalue weighted by Crippen LogP contribution is 2.44. The lowest BCUT2D eigenvalue weighted by Crippen LogP contribution is -2.24. The van der Waals surface area contributed by atoms with Crippen LogP contribution in [0.15, 0.2) is 237 Å². The summed E-state index contributed by atoms with van der Waals surface area (Å²) < 4.78 is 32.4. The summed E-state index contributed by atoms with van der Waals surface area (Å²) in [5.74, 6) is 0. The molecule has 0 spiro atoms. The maximum Gasteiger partial charge on any atom is 0.171 e. The van der Waals surface area contributed by atoms with Crippen molar-refractivity contribution < 1.29 is 9.13 Å². The number of hydrogen-bond acceptors (Lipinski definition) is 2. The molecule has 0 saturated heterocycles. The molecule has 0 N–H and O–H groups in total. The lowest BCUT2D eigenvalue weighted by atomic mass is 10.0. The van der Waals surface area contributed by atoms with Crippen molar-refractivity contribution in [2.45, 2.75) is 0 Å². The molecule has 1 heterocycles. The first kappa shape index (κ1) is 36.6. The molecule has 1 aromatic heterocycles. The lowest BCUT2D eigenvalue weighted by molar-refractivity contribution is 0.591. The van der Waals surface area contributed by atoms with Gasteiger partial charge in [0.05, 0.1) is 11.0 Å². The fourth-order valence-electron chi connectivity index (χ4n) is 8.41. The van der Waals surface area contributed by atoms with Gasteiger partial charge < -0.3 is 13.7 Å². The van der Waals surface area contributed by atoms with Crippen LogP contribution in [0.1, 0.15) is 0 Å². The number of benzene rings is 9. The van der Waals surface area contributed by atoms with E-state index in [0.717, 1.165) is 81.6 Å². The van der Waals surface area contributed by atoms with Crippen molar-refractivity contribution in [1.82, 2.24) is 4.57 Å². The zero-order valence-electron chi connectivity index (χ0n) is 32.2. The third kappa shape index (κ3) is 6.41. The van der Waals surface area contributed by atoms with Crippen molar-refractivity contribution in [2.75, 3.05) is 0 Å². The zero-order valence-corrected chi connectivity index (χ0v) is 34.0. The van der Waals surface area contributed by atoms with Gasteiger partial charge in [-0.3, -0.25) is 0 Å². The summed E-state index contributed by atoms with van der Waals surface area (Å²) in [7, 11) is -6.17. The van der Waals surface area contributed by atoms with Crippen molar-refractivity contribution in [2.24, 2.45) is 0 Å². The van der Waals surface area contributed by atoms with Gasteiger partial charge in [-0.15, -0.1) is 0 Å². The third-order valence-corrected chi connectivity index (χ3v) is 17.5. The Morgan fingerprint density at radius 1 is 0.271 bits per heavy atom. The van der Waals surface area contributed by atoms with E-state index >= 15 is 9.13 Å². The Morgan fingerprint density at radius 3 is 0.864 bits per heavy atom. The van der Waals surface area contributed by atoms with Crippen LogP contribution in [0.25, 0.3) is 49.7 Å². The van der Waals surface area contributed by atoms with Crippen LogP contribution in [0.2, 0.25) is 0 Å². The Hall–Kier alpha value is -6.76. The summed E-state index contributed by atoms with van der Waals surface area (Å²) in [6, 6.07) is 79.6. The molecular weight excluding hydrogens is 757 g/mol. The second kappa shape index (κ2) is 15.2. The summed E-state index contributed by atoms with van der Waals surface area (Å²) in [6.07, 6.45) is 0. The van der Waals surface area contributed by atoms with Crippen LogP contribution in [0.5, 0.6) is 0 Å². The highest BCUT2D eigenvalue weighted by molar-refractivity contribution is 7.85. The first-order valence-electron chi connectivity index (χ1n) is 19.8. The van der Waals surface area contributed by atoms with Crippen molar-refractivity contribution in [3.05, 3.63) is 237 Å². The van der Waals surface area contributed by atoms with Crippen LogP contribution in [-0.4, -0.2) is 4.57 Å². The Morgan fingerprint density at radius 2 is 0.542 bits per heavy atom. The number of aromatic nitrogens is 1. The number of hydrogen-bond donors (Lipinski definition) is 0. The lowest BCUT2D eigenvalue weighted by Gasteiger charge is -2.20. The standard InChI is InChI=1S/C54H39NO2P2/c56-58(45-18-8-2-9-19-45,46-20-10-3-11-21-46)49-32-26-40(27-33-49)42-30-36-51-52-37-31-43(39-54(52)55(53(51)38-42)44-16-6-1-7-17-44)41-28-34-50(35-29-41)59(57,47-22-12-4-13-23-47)48-24-14-5-15-25-48/h1-39H. The molecule has 282 valence electrons. The van der Waals surface area contributed by atoms with Gasteiger partial charge in [-0.05, 0) is 46.5 Å². The fourth-order valence-corrected chi connectivity index (χ4v) is 13.7. The normalized spacial score (nSPS) is 11.9. The molecule has 59 heavy (non-hydrogen) atoms. The Bertz CT molecular complexity index is 2880. The van der Waals surface area contributed by atoms with Gasteiger partial charge in [0.2, 0.25) is 0 Å². The van der Waals surface area contributed by atoms with Gasteiger partial charge in [0, 0.05) is 48.3 Å². The van der Waals surface area contributed by atoms with E-state index in [1.54, 1.807) is 0 Å². The van der Waals surface area contributed by atoms with Gasteiger partial charge in [-0.1, -0.05) is 212 Å². The second-order valence-corrected chi connectivity index (χ2v) is 20.3. The molecule has 9 aromatic carbocycles. The van der Waals surface area contributed by atoms with Crippen molar-refractivity contribution >= 4 is 67.9 Å². The van der Waals surface area contributed by atoms with Crippen molar-refractivity contribution in [3.63, 3.8) is 0 Å². The summed E-state index contributed by atoms with van der Waals surface area (Å²) in [5, 5.41) is 7.23. The first-order valence-corrected chi connectivity index (χ1v) is 23.2. The SMILES string of the molecule is O=P(c1ccccc1)(c1ccccc1)c1ccc(-c2ccc3c4ccc(-c5ccc(P(=O)(c6ccccc6)c6ccccc6)cc5)cc4n(-c4ccccc4)c3c2)cc1. The van der Waals surface area contributed by atoms with Crippen LogP contribution < -0.4 is 31.8 Å². The number of nitrogens with zero attached hydrogens (tertiary/aromatic N) is 1. The molecule has 0 aliphatic rings. The zero-order chi connectivity index (χ0) is 39.8. The predicted octanol–water partition coefficient (Wildman–Crippen LogP) is 11.4. The van der Waals surface area contributed by atoms with E-state index in [1.807, 2.05) is 152 Å². The highest BCUT2D eigenvalue weighted by Gasteiger charge is 2.31. The average molecular weight is 796 g/mol. The van der Waals surface area contributed by atoms with Gasteiger partial charge in [0.15, 0.2) is 14.3 Å². The molecule has 10 aromatic rings. The minimum Gasteiger partial charge on any atom is -0.309 e. The van der Waals surface area contributed by atoms with E-state index in [0.29, 0.717) is 0 Å². The third-order valence-electron chi connectivity index (χ3n) is 11.4. The molecule has 0 saturated carbocycles. The summed E-state index contributed by atoms with van der Waals surface area (Å²) in [4.78, 5) is 0. The molecule has 0 atom stereocenters. The van der Waals surface area contributed by atoms with E-state index in [-0.39, 0.29) is 0 Å². The minimum absolute atomic E-state index is 0.807. The predicted molar refractivity (Wildman–Crippen MR) is 250 cm³/mol. The van der Waals surface area contributed by atoms with E-state index in [1.165, 1.54) is 0 Å². The van der Waals surface area contributed by atoms with Crippen LogP contribution in [-0.2, 0) is 9.13 Å². The molecule has 0 aliphatic heterocycles. The van der Waals surface area contributed by atoms with Crippen LogP contribution in [0.4, 0.5) is 0 Å². The summed E-state index contributed by atoms with van der Waals surface area (Å²) in [5.41, 5.74) is 7.54. The molecule has 0 aliphatic carbocycles. The molecule has 0 unspecified atom stereocenters. The van der Waals surface area contributed by atoms with Gasteiger partial charge in [0.1, 0.15) is 0 Å². The molecule has 3 nitrogen and oxygen atoms in total. The number of rotatable bonds is 9. The molecule has 0 amide bonds. The Balaban J connectivity index is 1.06. The van der Waals surface area contributed by atoms with Gasteiger partial charge in [0.25, 0.3) is 0 Å². The average Bonchev–Trinajstić information content (AvgIpc) is 3.65. The highest BCUT2D eigenvalue weighted by atomic mass is 31.2. The second-order valence-electron chi connectivity index (χ2n) is 14.8. The van der Waals surface area contributed by atoms with E-state index in [2.05, 4.69) is 89.5 Å². The van der Waals surface area contributed by atoms with Gasteiger partial charge >= 0.3 is 0 Å². The molecular formula is C54H39NO2P2. The van der Waals surface area contributed by atoms with Gasteiger partial charge in [-0.2, -0.15) is 0 Å². The number of para-hydroxylation sites is 1. The molecule has 10 rings (SSSR count). The largest absolute Gasteiger partial charge is 0.309 e. The van der Waals surface area contributed by atoms with Crippen molar-refractivity contribution in [3.8, 4) is 27.9 Å². The number of fused-ring (bicyclic) bond motifs is 3. The van der Waals surface area contributed by atoms with E-state index in [4.69, 9.17) is 0 Å². The first-order chi connectivity index (χ1) is 29.0. The Kier molecular flexibility index (Phi) is 9.42. The maximum atomic E-state index is 15.0. The molecule has 5 heteroatoms. The van der Waals surface area contributed by atoms with E-state index < -0.39 is 14.3 Å². The quantitative estimate of drug-likeness (QED) is 0.137. The summed E-state index contributed by atoms with van der Waals surface area (Å²) >= 11 is 0. The van der Waals surface area contributed by atoms with E-state index in [9.17, 15) is 0 Å². The monoisotopic (exact) mass is 795 g/mol. The van der Waals surface area contributed by atoms with Crippen LogP contribution in [0, 0.1) is 0 Å². The molecule has 0 bridgehead atoms. The summed E-state index contributed by atoms with van der Waals surface area (Å²) in [6.45, 7) is 0. The maximum absolute atomic E-state index is 15.0. The molecule has 0 radical (unpaired) electrons. The molecule has 0 fully saturated rings. The van der Waals surface area contributed by atoms with Gasteiger partial charge in [-0.25, -0.2) is 0 Å². The Labute approximate surface area is 344 Å². The minimum atomic E-state index is -3.08. The fraction of sp³-hybridized carbons (Fsp3) is 0. The smallest absolute Gasteiger partial charge is 0.171 e.